The molecule has 0 aromatic carbocycles. The van der Waals surface area contributed by atoms with Gasteiger partial charge in [0.1, 0.15) is 0 Å². The largest absolute Gasteiger partial charge is 0.317 e. The third-order valence-electron chi connectivity index (χ3n) is 4.05. The summed E-state index contributed by atoms with van der Waals surface area (Å²) in [6.07, 6.45) is 8.24. The lowest BCUT2D eigenvalue weighted by Gasteiger charge is -2.26. The second-order valence-corrected chi connectivity index (χ2v) is 7.66. The fraction of sp³-hybridized carbons (Fsp3) is 1.00. The monoisotopic (exact) mass is 268 g/mol. The number of piperidine rings is 1. The highest BCUT2D eigenvalue weighted by Gasteiger charge is 2.14. The molecular weight excluding hydrogens is 232 g/mol. The molecule has 1 aliphatic rings. The van der Waals surface area contributed by atoms with Crippen LogP contribution >= 0.6 is 0 Å². The topological polar surface area (TPSA) is 15.3 Å². The van der Waals surface area contributed by atoms with Crippen LogP contribution in [0.2, 0.25) is 0 Å². The van der Waals surface area contributed by atoms with Crippen molar-refractivity contribution in [3.8, 4) is 0 Å². The summed E-state index contributed by atoms with van der Waals surface area (Å²) in [5.41, 5.74) is 0.480. The smallest absolute Gasteiger partial charge is 0.000664 e. The summed E-state index contributed by atoms with van der Waals surface area (Å²) in [6.45, 7) is 15.8. The Hall–Kier alpha value is -0.0800. The highest BCUT2D eigenvalue weighted by Crippen LogP contribution is 2.25. The molecule has 1 fully saturated rings. The van der Waals surface area contributed by atoms with Crippen LogP contribution in [0.5, 0.6) is 0 Å². The lowest BCUT2D eigenvalue weighted by Crippen LogP contribution is -2.32. The van der Waals surface area contributed by atoms with E-state index in [-0.39, 0.29) is 0 Å². The van der Waals surface area contributed by atoms with Crippen LogP contribution in [0, 0.1) is 11.3 Å². The Morgan fingerprint density at radius 1 is 1.05 bits per heavy atom. The van der Waals surface area contributed by atoms with E-state index in [2.05, 4.69) is 37.9 Å². The molecule has 0 spiro atoms. The Morgan fingerprint density at radius 2 is 1.74 bits per heavy atom. The highest BCUT2D eigenvalue weighted by atomic mass is 15.1. The van der Waals surface area contributed by atoms with Crippen molar-refractivity contribution >= 4 is 0 Å². The average Bonchev–Trinajstić information content (AvgIpc) is 2.32. The Bertz CT molecular complexity index is 214. The zero-order valence-corrected chi connectivity index (χ0v) is 13.8. The molecule has 1 saturated heterocycles. The van der Waals surface area contributed by atoms with Crippen molar-refractivity contribution in [1.29, 1.82) is 0 Å². The lowest BCUT2D eigenvalue weighted by molar-refractivity contribution is 0.225. The predicted molar refractivity (Wildman–Crippen MR) is 85.6 cm³/mol. The molecule has 0 amide bonds. The molecule has 0 radical (unpaired) electrons. The van der Waals surface area contributed by atoms with Gasteiger partial charge in [0.2, 0.25) is 0 Å². The predicted octanol–water partition coefficient (Wildman–Crippen LogP) is 3.91. The highest BCUT2D eigenvalue weighted by molar-refractivity contribution is 4.68. The van der Waals surface area contributed by atoms with Gasteiger partial charge in [-0.15, -0.1) is 0 Å². The van der Waals surface area contributed by atoms with Gasteiger partial charge in [0.05, 0.1) is 0 Å². The maximum absolute atomic E-state index is 3.61. The van der Waals surface area contributed by atoms with Crippen molar-refractivity contribution < 1.29 is 0 Å². The van der Waals surface area contributed by atoms with E-state index in [1.54, 1.807) is 0 Å². The van der Waals surface area contributed by atoms with Gasteiger partial charge in [0.25, 0.3) is 0 Å². The molecule has 114 valence electrons. The summed E-state index contributed by atoms with van der Waals surface area (Å²) < 4.78 is 0. The van der Waals surface area contributed by atoms with Crippen LogP contribution in [-0.4, -0.2) is 37.6 Å². The standard InChI is InChI=1S/C17H36N2/c1-16(15-17(2,3)4)9-11-18-10-8-14-19-12-6-5-7-13-19/h16,18H,5-15H2,1-4H3. The van der Waals surface area contributed by atoms with Crippen LogP contribution < -0.4 is 5.32 Å². The first-order chi connectivity index (χ1) is 8.97. The van der Waals surface area contributed by atoms with Crippen molar-refractivity contribution in [2.45, 2.75) is 66.2 Å². The first-order valence-electron chi connectivity index (χ1n) is 8.40. The Labute approximate surface area is 121 Å². The molecule has 1 atom stereocenters. The van der Waals surface area contributed by atoms with Crippen LogP contribution in [0.25, 0.3) is 0 Å². The SMILES string of the molecule is CC(CCNCCCN1CCCCC1)CC(C)(C)C. The second kappa shape index (κ2) is 8.97. The van der Waals surface area contributed by atoms with E-state index in [4.69, 9.17) is 0 Å². The lowest BCUT2D eigenvalue weighted by atomic mass is 9.84. The number of rotatable bonds is 8. The zero-order chi connectivity index (χ0) is 14.1. The van der Waals surface area contributed by atoms with Gasteiger partial charge >= 0.3 is 0 Å². The Morgan fingerprint density at radius 3 is 2.37 bits per heavy atom. The minimum absolute atomic E-state index is 0.480. The van der Waals surface area contributed by atoms with E-state index in [9.17, 15) is 0 Å². The zero-order valence-electron chi connectivity index (χ0n) is 13.8. The quantitative estimate of drug-likeness (QED) is 0.671. The van der Waals surface area contributed by atoms with Gasteiger partial charge in [0, 0.05) is 0 Å². The van der Waals surface area contributed by atoms with Gasteiger partial charge in [-0.1, -0.05) is 34.1 Å². The first-order valence-corrected chi connectivity index (χ1v) is 8.40. The van der Waals surface area contributed by atoms with E-state index in [0.29, 0.717) is 5.41 Å². The summed E-state index contributed by atoms with van der Waals surface area (Å²) in [5, 5.41) is 3.61. The molecule has 0 aliphatic carbocycles. The average molecular weight is 268 g/mol. The molecule has 1 heterocycles. The number of likely N-dealkylation sites (tertiary alicyclic amines) is 1. The van der Waals surface area contributed by atoms with Crippen molar-refractivity contribution in [3.05, 3.63) is 0 Å². The van der Waals surface area contributed by atoms with Crippen molar-refractivity contribution in [1.82, 2.24) is 10.2 Å². The molecule has 2 nitrogen and oxygen atoms in total. The fourth-order valence-electron chi connectivity index (χ4n) is 3.23. The van der Waals surface area contributed by atoms with Crippen LogP contribution in [0.15, 0.2) is 0 Å². The van der Waals surface area contributed by atoms with Gasteiger partial charge in [-0.2, -0.15) is 0 Å². The van der Waals surface area contributed by atoms with Crippen LogP contribution in [0.4, 0.5) is 0 Å². The van der Waals surface area contributed by atoms with Crippen molar-refractivity contribution in [2.75, 3.05) is 32.7 Å². The molecule has 1 rings (SSSR count). The molecule has 0 bridgehead atoms. The van der Waals surface area contributed by atoms with Gasteiger partial charge in [-0.3, -0.25) is 0 Å². The maximum Gasteiger partial charge on any atom is -0.000664 e. The summed E-state index contributed by atoms with van der Waals surface area (Å²) >= 11 is 0. The number of hydrogen-bond acceptors (Lipinski definition) is 2. The summed E-state index contributed by atoms with van der Waals surface area (Å²) in [5.74, 6) is 0.842. The van der Waals surface area contributed by atoms with E-state index in [0.717, 1.165) is 5.92 Å². The second-order valence-electron chi connectivity index (χ2n) is 7.66. The summed E-state index contributed by atoms with van der Waals surface area (Å²) in [4.78, 5) is 2.63. The molecule has 1 unspecified atom stereocenters. The molecule has 2 heteroatoms. The molecular formula is C17H36N2. The van der Waals surface area contributed by atoms with Crippen LogP contribution in [0.1, 0.15) is 66.2 Å². The van der Waals surface area contributed by atoms with Crippen molar-refractivity contribution in [3.63, 3.8) is 0 Å². The normalized spacial score (nSPS) is 19.6. The molecule has 0 aromatic rings. The number of hydrogen-bond donors (Lipinski definition) is 1. The Balaban J connectivity index is 1.90. The van der Waals surface area contributed by atoms with E-state index in [1.165, 1.54) is 71.2 Å². The fourth-order valence-corrected chi connectivity index (χ4v) is 3.23. The van der Waals surface area contributed by atoms with Gasteiger partial charge in [-0.05, 0) is 76.2 Å². The number of nitrogens with one attached hydrogen (secondary N) is 1. The van der Waals surface area contributed by atoms with Gasteiger partial charge < -0.3 is 10.2 Å². The van der Waals surface area contributed by atoms with Crippen molar-refractivity contribution in [2.24, 2.45) is 11.3 Å². The number of nitrogens with zero attached hydrogens (tertiary/aromatic N) is 1. The maximum atomic E-state index is 3.61. The molecule has 0 aromatic heterocycles. The van der Waals surface area contributed by atoms with Gasteiger partial charge in [-0.25, -0.2) is 0 Å². The minimum atomic E-state index is 0.480. The third-order valence-corrected chi connectivity index (χ3v) is 4.05. The summed E-state index contributed by atoms with van der Waals surface area (Å²) in [6, 6.07) is 0. The minimum Gasteiger partial charge on any atom is -0.317 e. The van der Waals surface area contributed by atoms with Crippen LogP contribution in [0.3, 0.4) is 0 Å². The third kappa shape index (κ3) is 9.45. The first kappa shape index (κ1) is 17.0. The molecule has 0 saturated carbocycles. The van der Waals surface area contributed by atoms with Gasteiger partial charge in [0.15, 0.2) is 0 Å². The van der Waals surface area contributed by atoms with Crippen LogP contribution in [-0.2, 0) is 0 Å². The Kier molecular flexibility index (Phi) is 8.01. The summed E-state index contributed by atoms with van der Waals surface area (Å²) in [7, 11) is 0. The van der Waals surface area contributed by atoms with E-state index >= 15 is 0 Å². The van der Waals surface area contributed by atoms with E-state index in [1.807, 2.05) is 0 Å². The molecule has 19 heavy (non-hydrogen) atoms. The molecule has 1 aliphatic heterocycles. The van der Waals surface area contributed by atoms with E-state index < -0.39 is 0 Å². The molecule has 1 N–H and O–H groups in total.